The summed E-state index contributed by atoms with van der Waals surface area (Å²) in [7, 11) is 0. The molecule has 20 heavy (non-hydrogen) atoms. The summed E-state index contributed by atoms with van der Waals surface area (Å²) in [6.45, 7) is 3.90. The van der Waals surface area contributed by atoms with Gasteiger partial charge in [-0.3, -0.25) is 0 Å². The van der Waals surface area contributed by atoms with E-state index in [9.17, 15) is 25.2 Å². The van der Waals surface area contributed by atoms with E-state index < -0.39 is 43.3 Å². The predicted octanol–water partition coefficient (Wildman–Crippen LogP) is -2.36. The number of carbonyl (C=O) groups is 1. The first kappa shape index (κ1) is 19.0. The zero-order chi connectivity index (χ0) is 16.0. The average molecular weight is 294 g/mol. The molecule has 6 N–H and O–H groups in total. The van der Waals surface area contributed by atoms with Gasteiger partial charge in [-0.15, -0.1) is 0 Å². The van der Waals surface area contributed by atoms with Crippen molar-refractivity contribution in [3.8, 4) is 0 Å². The van der Waals surface area contributed by atoms with Crippen LogP contribution in [-0.4, -0.2) is 73.9 Å². The molecule has 0 aliphatic heterocycles. The average Bonchev–Trinajstić information content (AvgIpc) is 2.42. The minimum atomic E-state index is -2.09. The normalized spacial score (nSPS) is 18.6. The Labute approximate surface area is 116 Å². The molecule has 1 unspecified atom stereocenters. The highest BCUT2D eigenvalue weighted by Crippen LogP contribution is 2.12. The zero-order valence-electron chi connectivity index (χ0n) is 11.6. The Morgan fingerprint density at radius 2 is 1.45 bits per heavy atom. The van der Waals surface area contributed by atoms with Crippen molar-refractivity contribution in [1.29, 1.82) is 0 Å². The molecule has 0 amide bonds. The molecule has 0 bridgehead atoms. The van der Waals surface area contributed by atoms with Crippen LogP contribution in [0, 0.1) is 0 Å². The summed E-state index contributed by atoms with van der Waals surface area (Å²) >= 11 is 0. The maximum atomic E-state index is 11.5. The summed E-state index contributed by atoms with van der Waals surface area (Å²) in [6.07, 6.45) is -9.76. The maximum Gasteiger partial charge on any atom is 0.336 e. The summed E-state index contributed by atoms with van der Waals surface area (Å²) in [4.78, 5) is 11.5. The minimum absolute atomic E-state index is 0.224. The van der Waals surface area contributed by atoms with Crippen LogP contribution in [0.2, 0.25) is 0 Å². The lowest BCUT2D eigenvalue weighted by molar-refractivity contribution is -0.211. The highest BCUT2D eigenvalue weighted by Gasteiger charge is 2.36. The number of ether oxygens (including phenoxy) is 1. The van der Waals surface area contributed by atoms with E-state index in [1.165, 1.54) is 6.92 Å². The maximum absolute atomic E-state index is 11.5. The molecule has 0 rings (SSSR count). The minimum Gasteiger partial charge on any atom is -0.430 e. The molecule has 118 valence electrons. The highest BCUT2D eigenvalue weighted by molar-refractivity contribution is 5.88. The lowest BCUT2D eigenvalue weighted by Gasteiger charge is -2.28. The summed E-state index contributed by atoms with van der Waals surface area (Å²) in [6, 6.07) is 0. The quantitative estimate of drug-likeness (QED) is 0.173. The van der Waals surface area contributed by atoms with Crippen LogP contribution in [-0.2, 0) is 9.53 Å². The first-order valence-electron chi connectivity index (χ1n) is 5.99. The Kier molecular flexibility index (Phi) is 7.87. The van der Waals surface area contributed by atoms with Crippen molar-refractivity contribution in [1.82, 2.24) is 0 Å². The first-order valence-corrected chi connectivity index (χ1v) is 5.99. The Morgan fingerprint density at radius 3 is 1.85 bits per heavy atom. The van der Waals surface area contributed by atoms with E-state index in [0.29, 0.717) is 5.57 Å². The molecule has 0 aliphatic carbocycles. The van der Waals surface area contributed by atoms with Gasteiger partial charge >= 0.3 is 5.97 Å². The molecule has 0 radical (unpaired) electrons. The van der Waals surface area contributed by atoms with Crippen molar-refractivity contribution in [3.05, 3.63) is 11.1 Å². The lowest BCUT2D eigenvalue weighted by Crippen LogP contribution is -2.51. The van der Waals surface area contributed by atoms with E-state index in [0.717, 1.165) is 0 Å². The number of hydrogen-bond donors (Lipinski definition) is 6. The monoisotopic (exact) mass is 294 g/mol. The largest absolute Gasteiger partial charge is 0.430 e. The van der Waals surface area contributed by atoms with E-state index in [-0.39, 0.29) is 5.57 Å². The third kappa shape index (κ3) is 5.16. The molecular formula is C12H22O8. The number of hydrogen-bond acceptors (Lipinski definition) is 8. The molecule has 5 atom stereocenters. The summed E-state index contributed by atoms with van der Waals surface area (Å²) < 4.78 is 4.51. The molecule has 0 aromatic carbocycles. The van der Waals surface area contributed by atoms with Crippen molar-refractivity contribution in [2.75, 3.05) is 6.61 Å². The van der Waals surface area contributed by atoms with Gasteiger partial charge in [-0.25, -0.2) is 4.79 Å². The van der Waals surface area contributed by atoms with E-state index in [1.807, 2.05) is 0 Å². The Balaban J connectivity index is 4.67. The van der Waals surface area contributed by atoms with Crippen LogP contribution < -0.4 is 0 Å². The predicted molar refractivity (Wildman–Crippen MR) is 67.3 cm³/mol. The van der Waals surface area contributed by atoms with Crippen molar-refractivity contribution < 1.29 is 40.2 Å². The summed E-state index contributed by atoms with van der Waals surface area (Å²) in [5.74, 6) is -0.888. The molecule has 8 nitrogen and oxygen atoms in total. The summed E-state index contributed by atoms with van der Waals surface area (Å²) in [5, 5.41) is 55.5. The number of esters is 1. The lowest BCUT2D eigenvalue weighted by atomic mass is 10.0. The topological polar surface area (TPSA) is 148 Å². The molecule has 0 saturated heterocycles. The van der Waals surface area contributed by atoms with Crippen LogP contribution in [0.5, 0.6) is 0 Å². The van der Waals surface area contributed by atoms with E-state index in [1.54, 1.807) is 13.8 Å². The van der Waals surface area contributed by atoms with E-state index in [4.69, 9.17) is 10.2 Å². The zero-order valence-corrected chi connectivity index (χ0v) is 11.6. The number of aliphatic hydroxyl groups excluding tert-OH is 6. The fourth-order valence-corrected chi connectivity index (χ4v) is 1.18. The molecule has 0 aromatic heterocycles. The van der Waals surface area contributed by atoms with E-state index >= 15 is 0 Å². The van der Waals surface area contributed by atoms with Crippen LogP contribution in [0.1, 0.15) is 20.8 Å². The molecule has 0 aromatic rings. The van der Waals surface area contributed by atoms with Gasteiger partial charge in [0.2, 0.25) is 6.29 Å². The fraction of sp³-hybridized carbons (Fsp3) is 0.750. The first-order chi connectivity index (χ1) is 9.13. The molecule has 8 heteroatoms. The molecule has 0 saturated carbocycles. The third-order valence-electron chi connectivity index (χ3n) is 2.86. The van der Waals surface area contributed by atoms with Gasteiger partial charge in [0.1, 0.15) is 24.4 Å². The van der Waals surface area contributed by atoms with Crippen LogP contribution in [0.15, 0.2) is 11.1 Å². The second-order valence-electron chi connectivity index (χ2n) is 4.64. The fourth-order valence-electron chi connectivity index (χ4n) is 1.18. The standard InChI is InChI=1S/C12H22O8/c1-5(2)6(3)11(18)20-12(19)10(17)9(16)8(15)7(14)4-13/h7-10,12-17,19H,4H2,1-3H3/t7-,8-,9+,10-,12?/m1/s1. The van der Waals surface area contributed by atoms with Crippen molar-refractivity contribution in [3.63, 3.8) is 0 Å². The number of aliphatic hydroxyl groups is 6. The summed E-state index contributed by atoms with van der Waals surface area (Å²) in [5.41, 5.74) is 0.870. The molecule has 0 aliphatic rings. The van der Waals surface area contributed by atoms with Gasteiger partial charge in [-0.2, -0.15) is 0 Å². The van der Waals surface area contributed by atoms with Crippen LogP contribution in [0.3, 0.4) is 0 Å². The molecule has 0 fully saturated rings. The van der Waals surface area contributed by atoms with Crippen LogP contribution >= 0.6 is 0 Å². The molecule has 0 heterocycles. The second kappa shape index (κ2) is 8.30. The van der Waals surface area contributed by atoms with Gasteiger partial charge in [0.25, 0.3) is 0 Å². The molecular weight excluding hydrogens is 272 g/mol. The van der Waals surface area contributed by atoms with E-state index in [2.05, 4.69) is 4.74 Å². The van der Waals surface area contributed by atoms with Crippen molar-refractivity contribution >= 4 is 5.97 Å². The van der Waals surface area contributed by atoms with Gasteiger partial charge in [0.05, 0.1) is 6.61 Å². The second-order valence-corrected chi connectivity index (χ2v) is 4.64. The Bertz CT molecular complexity index is 349. The Hall–Kier alpha value is -1.03. The van der Waals surface area contributed by atoms with Crippen molar-refractivity contribution in [2.24, 2.45) is 0 Å². The van der Waals surface area contributed by atoms with Crippen molar-refractivity contribution in [2.45, 2.75) is 51.5 Å². The van der Waals surface area contributed by atoms with Crippen LogP contribution in [0.4, 0.5) is 0 Å². The van der Waals surface area contributed by atoms with Gasteiger partial charge in [0, 0.05) is 5.57 Å². The van der Waals surface area contributed by atoms with Crippen LogP contribution in [0.25, 0.3) is 0 Å². The SMILES string of the molecule is CC(C)=C(C)C(=O)OC(O)[C@H](O)[C@@H](O)[C@H](O)[C@H](O)CO. The van der Waals surface area contributed by atoms with Gasteiger partial charge < -0.3 is 35.4 Å². The van der Waals surface area contributed by atoms with Gasteiger partial charge in [-0.1, -0.05) is 5.57 Å². The smallest absolute Gasteiger partial charge is 0.336 e. The van der Waals surface area contributed by atoms with Gasteiger partial charge in [-0.05, 0) is 20.8 Å². The highest BCUT2D eigenvalue weighted by atomic mass is 16.6. The third-order valence-corrected chi connectivity index (χ3v) is 2.86. The number of allylic oxidation sites excluding steroid dienone is 1. The van der Waals surface area contributed by atoms with Gasteiger partial charge in [0.15, 0.2) is 0 Å². The number of carbonyl (C=O) groups excluding carboxylic acids is 1. The Morgan fingerprint density at radius 1 is 0.950 bits per heavy atom. The molecule has 0 spiro atoms. The number of rotatable bonds is 7.